The van der Waals surface area contributed by atoms with Gasteiger partial charge in [0.2, 0.25) is 0 Å². The molecule has 1 rings (SSSR count). The average Bonchev–Trinajstić information content (AvgIpc) is 2.55. The number of methoxy groups -OCH3 is 1. The fourth-order valence-electron chi connectivity index (χ4n) is 2.18. The molecule has 0 aromatic heterocycles. The van der Waals surface area contributed by atoms with E-state index in [1.54, 1.807) is 13.8 Å². The average molecular weight is 257 g/mol. The van der Waals surface area contributed by atoms with Gasteiger partial charge < -0.3 is 15.2 Å². The molecule has 0 heterocycles. The first kappa shape index (κ1) is 15.0. The Morgan fingerprint density at radius 3 is 2.06 bits per heavy atom. The molecule has 0 aromatic rings. The Balaban J connectivity index is 2.86. The van der Waals surface area contributed by atoms with Crippen LogP contribution < -0.4 is 5.32 Å². The second-order valence-electron chi connectivity index (χ2n) is 5.47. The first-order valence-corrected chi connectivity index (χ1v) is 6.45. The van der Waals surface area contributed by atoms with Crippen molar-refractivity contribution in [2.75, 3.05) is 7.11 Å². The molecular weight excluding hydrogens is 234 g/mol. The number of carbonyl (C=O) groups excluding carboxylic acids is 1. The molecule has 0 saturated heterocycles. The Morgan fingerprint density at radius 2 is 1.67 bits per heavy atom. The monoisotopic (exact) mass is 257 g/mol. The van der Waals surface area contributed by atoms with Gasteiger partial charge in [0.15, 0.2) is 0 Å². The Labute approximate surface area is 108 Å². The molecule has 0 bridgehead atoms. The van der Waals surface area contributed by atoms with Gasteiger partial charge in [0.05, 0.1) is 0 Å². The van der Waals surface area contributed by atoms with Crippen LogP contribution in [0.4, 0.5) is 0 Å². The third-order valence-electron chi connectivity index (χ3n) is 3.78. The van der Waals surface area contributed by atoms with E-state index < -0.39 is 17.1 Å². The number of carbonyl (C=O) groups is 2. The summed E-state index contributed by atoms with van der Waals surface area (Å²) in [6.07, 6.45) is 4.71. The number of hydrogen-bond acceptors (Lipinski definition) is 3. The molecule has 1 aliphatic carbocycles. The minimum absolute atomic E-state index is 0.366. The van der Waals surface area contributed by atoms with Crippen molar-refractivity contribution in [3.05, 3.63) is 0 Å². The Morgan fingerprint density at radius 1 is 1.17 bits per heavy atom. The van der Waals surface area contributed by atoms with Gasteiger partial charge in [-0.2, -0.15) is 0 Å². The number of rotatable bonds is 4. The van der Waals surface area contributed by atoms with E-state index >= 15 is 0 Å². The molecule has 1 fully saturated rings. The van der Waals surface area contributed by atoms with Crippen molar-refractivity contribution in [1.82, 2.24) is 5.32 Å². The minimum atomic E-state index is -1.12. The second-order valence-corrected chi connectivity index (χ2v) is 5.47. The highest BCUT2D eigenvalue weighted by molar-refractivity contribution is 5.91. The van der Waals surface area contributed by atoms with Crippen LogP contribution in [0, 0.1) is 0 Å². The number of carboxylic acids is 1. The van der Waals surface area contributed by atoms with Gasteiger partial charge in [0, 0.05) is 7.11 Å². The summed E-state index contributed by atoms with van der Waals surface area (Å²) in [6.45, 7) is 3.27. The molecule has 1 aliphatic rings. The SMILES string of the molecule is COC(C)(C)C(=O)NC1(C(=O)O)CCCCCC1. The predicted octanol–water partition coefficient (Wildman–Crippen LogP) is 1.71. The predicted molar refractivity (Wildman–Crippen MR) is 67.3 cm³/mol. The lowest BCUT2D eigenvalue weighted by Crippen LogP contribution is -2.59. The van der Waals surface area contributed by atoms with Crippen molar-refractivity contribution in [3.63, 3.8) is 0 Å². The summed E-state index contributed by atoms with van der Waals surface area (Å²) < 4.78 is 5.09. The largest absolute Gasteiger partial charge is 0.480 e. The molecular formula is C13H23NO4. The fraction of sp³-hybridized carbons (Fsp3) is 0.846. The van der Waals surface area contributed by atoms with Crippen LogP contribution in [-0.2, 0) is 14.3 Å². The molecule has 5 heteroatoms. The zero-order chi connectivity index (χ0) is 13.8. The van der Waals surface area contributed by atoms with Gasteiger partial charge in [0.25, 0.3) is 5.91 Å². The highest BCUT2D eigenvalue weighted by atomic mass is 16.5. The summed E-state index contributed by atoms with van der Waals surface area (Å²) in [5.41, 5.74) is -2.13. The van der Waals surface area contributed by atoms with Crippen LogP contribution in [0.1, 0.15) is 52.4 Å². The van der Waals surface area contributed by atoms with E-state index in [9.17, 15) is 14.7 Å². The summed E-state index contributed by atoms with van der Waals surface area (Å²) in [5, 5.41) is 12.1. The van der Waals surface area contributed by atoms with Gasteiger partial charge in [-0.1, -0.05) is 25.7 Å². The van der Waals surface area contributed by atoms with Crippen LogP contribution in [0.3, 0.4) is 0 Å². The van der Waals surface area contributed by atoms with Crippen LogP contribution in [0.15, 0.2) is 0 Å². The molecule has 2 N–H and O–H groups in total. The summed E-state index contributed by atoms with van der Waals surface area (Å²) in [5.74, 6) is -1.31. The molecule has 0 aromatic carbocycles. The zero-order valence-corrected chi connectivity index (χ0v) is 11.4. The van der Waals surface area contributed by atoms with Crippen LogP contribution in [0.5, 0.6) is 0 Å². The fourth-order valence-corrected chi connectivity index (χ4v) is 2.18. The first-order chi connectivity index (χ1) is 8.34. The van der Waals surface area contributed by atoms with Crippen LogP contribution in [-0.4, -0.2) is 35.2 Å². The number of nitrogens with one attached hydrogen (secondary N) is 1. The van der Waals surface area contributed by atoms with E-state index in [2.05, 4.69) is 5.32 Å². The van der Waals surface area contributed by atoms with E-state index in [-0.39, 0.29) is 5.91 Å². The number of amides is 1. The molecule has 0 spiro atoms. The lowest BCUT2D eigenvalue weighted by Gasteiger charge is -2.33. The molecule has 5 nitrogen and oxygen atoms in total. The van der Waals surface area contributed by atoms with Crippen molar-refractivity contribution < 1.29 is 19.4 Å². The molecule has 104 valence electrons. The summed E-state index contributed by atoms with van der Waals surface area (Å²) in [6, 6.07) is 0. The van der Waals surface area contributed by atoms with Gasteiger partial charge in [-0.15, -0.1) is 0 Å². The Hall–Kier alpha value is -1.10. The number of carboxylic acid groups (broad SMARTS) is 1. The van der Waals surface area contributed by atoms with Gasteiger partial charge >= 0.3 is 5.97 Å². The van der Waals surface area contributed by atoms with Crippen molar-refractivity contribution in [3.8, 4) is 0 Å². The zero-order valence-electron chi connectivity index (χ0n) is 11.4. The van der Waals surface area contributed by atoms with E-state index in [4.69, 9.17) is 4.74 Å². The van der Waals surface area contributed by atoms with E-state index in [1.807, 2.05) is 0 Å². The lowest BCUT2D eigenvalue weighted by atomic mass is 9.89. The van der Waals surface area contributed by atoms with Crippen molar-refractivity contribution in [1.29, 1.82) is 0 Å². The van der Waals surface area contributed by atoms with Crippen LogP contribution in [0.25, 0.3) is 0 Å². The highest BCUT2D eigenvalue weighted by Gasteiger charge is 2.43. The third kappa shape index (κ3) is 3.22. The number of ether oxygens (including phenoxy) is 1. The first-order valence-electron chi connectivity index (χ1n) is 6.45. The maximum atomic E-state index is 12.1. The van der Waals surface area contributed by atoms with E-state index in [0.717, 1.165) is 25.7 Å². The Kier molecular flexibility index (Phi) is 4.73. The van der Waals surface area contributed by atoms with Crippen LogP contribution in [0.2, 0.25) is 0 Å². The molecule has 0 unspecified atom stereocenters. The number of hydrogen-bond donors (Lipinski definition) is 2. The second kappa shape index (κ2) is 5.69. The standard InChI is InChI=1S/C13H23NO4/c1-12(2,18-3)10(15)14-13(11(16)17)8-6-4-5-7-9-13/h4-9H2,1-3H3,(H,14,15)(H,16,17). The topological polar surface area (TPSA) is 75.6 Å². The van der Waals surface area contributed by atoms with Crippen LogP contribution >= 0.6 is 0 Å². The smallest absolute Gasteiger partial charge is 0.329 e. The van der Waals surface area contributed by atoms with Gasteiger partial charge in [-0.25, -0.2) is 4.79 Å². The highest BCUT2D eigenvalue weighted by Crippen LogP contribution is 2.28. The normalized spacial score (nSPS) is 19.9. The summed E-state index contributed by atoms with van der Waals surface area (Å²) in [7, 11) is 1.44. The minimum Gasteiger partial charge on any atom is -0.480 e. The Bertz CT molecular complexity index is 317. The summed E-state index contributed by atoms with van der Waals surface area (Å²) >= 11 is 0. The van der Waals surface area contributed by atoms with Crippen molar-refractivity contribution in [2.24, 2.45) is 0 Å². The van der Waals surface area contributed by atoms with Gasteiger partial charge in [0.1, 0.15) is 11.1 Å². The third-order valence-corrected chi connectivity index (χ3v) is 3.78. The molecule has 0 aliphatic heterocycles. The number of aliphatic carboxylic acids is 1. The molecule has 0 atom stereocenters. The lowest BCUT2D eigenvalue weighted by molar-refractivity contribution is -0.153. The van der Waals surface area contributed by atoms with Crippen molar-refractivity contribution >= 4 is 11.9 Å². The van der Waals surface area contributed by atoms with E-state index in [0.29, 0.717) is 12.8 Å². The van der Waals surface area contributed by atoms with E-state index in [1.165, 1.54) is 7.11 Å². The van der Waals surface area contributed by atoms with Gasteiger partial charge in [-0.3, -0.25) is 4.79 Å². The molecule has 1 amide bonds. The summed E-state index contributed by atoms with van der Waals surface area (Å²) in [4.78, 5) is 23.6. The molecule has 1 saturated carbocycles. The molecule has 18 heavy (non-hydrogen) atoms. The van der Waals surface area contributed by atoms with Gasteiger partial charge in [-0.05, 0) is 26.7 Å². The maximum Gasteiger partial charge on any atom is 0.329 e. The quantitative estimate of drug-likeness (QED) is 0.752. The molecule has 0 radical (unpaired) electrons. The van der Waals surface area contributed by atoms with Crippen molar-refractivity contribution in [2.45, 2.75) is 63.5 Å². The maximum absolute atomic E-state index is 12.1.